The zero-order chi connectivity index (χ0) is 9.12. The van der Waals surface area contributed by atoms with Crippen LogP contribution in [0.5, 0.6) is 0 Å². The lowest BCUT2D eigenvalue weighted by Crippen LogP contribution is -2.41. The second-order valence-electron chi connectivity index (χ2n) is 1.39. The van der Waals surface area contributed by atoms with Crippen LogP contribution in [-0.4, -0.2) is 15.2 Å². The smallest absolute Gasteiger partial charge is 0.257 e. The highest BCUT2D eigenvalue weighted by molar-refractivity contribution is 8.30. The first-order chi connectivity index (χ1) is 4.77. The minimum absolute atomic E-state index is 1.24. The van der Waals surface area contributed by atoms with Crippen molar-refractivity contribution in [2.24, 2.45) is 0 Å². The molecule has 0 heterocycles. The van der Waals surface area contributed by atoms with E-state index in [2.05, 4.69) is 16.0 Å². The second kappa shape index (κ2) is 4.38. The molecular weight excluding hydrogens is 255 g/mol. The molecule has 0 amide bonds. The highest BCUT2D eigenvalue weighted by atomic mass is 35.6. The number of nitrogens with one attached hydrogen (secondary N) is 2. The normalized spacial score (nSPS) is 17.8. The molecule has 0 aliphatic rings. The van der Waals surface area contributed by atoms with E-state index in [0.717, 1.165) is 0 Å². The highest BCUT2D eigenvalue weighted by Crippen LogP contribution is 2.22. The van der Waals surface area contributed by atoms with Crippen molar-refractivity contribution in [2.75, 3.05) is 7.11 Å². The molecule has 0 aromatic heterocycles. The molecule has 0 aromatic rings. The molecule has 2 N–H and O–H groups in total. The number of alkyl halides is 3. The summed E-state index contributed by atoms with van der Waals surface area (Å²) in [5, 5.41) is 0. The first kappa shape index (κ1) is 12.1. The lowest BCUT2D eigenvalue weighted by molar-refractivity contribution is 0.157. The van der Waals surface area contributed by atoms with Gasteiger partial charge in [0.25, 0.3) is 3.92 Å². The van der Waals surface area contributed by atoms with Crippen LogP contribution < -0.4 is 9.61 Å². The van der Waals surface area contributed by atoms with Crippen LogP contribution in [0.25, 0.3) is 0 Å². The molecule has 0 radical (unpaired) electrons. The Morgan fingerprint density at radius 1 is 1.55 bits per heavy atom. The van der Waals surface area contributed by atoms with Gasteiger partial charge in [-0.15, -0.1) is 4.89 Å². The third-order valence-corrected chi connectivity index (χ3v) is 2.48. The van der Waals surface area contributed by atoms with E-state index in [-0.39, 0.29) is 0 Å². The van der Waals surface area contributed by atoms with Gasteiger partial charge in [-0.1, -0.05) is 34.8 Å². The first-order valence-electron chi connectivity index (χ1n) is 2.17. The Morgan fingerprint density at radius 2 is 2.00 bits per heavy atom. The summed E-state index contributed by atoms with van der Waals surface area (Å²) in [7, 11) is -1.83. The summed E-state index contributed by atoms with van der Waals surface area (Å²) in [6.07, 6.45) is 0. The Hall–Kier alpha value is 1.12. The van der Waals surface area contributed by atoms with Crippen molar-refractivity contribution in [3.05, 3.63) is 0 Å². The van der Waals surface area contributed by atoms with Crippen LogP contribution in [0.15, 0.2) is 0 Å². The number of hydrogen-bond acceptors (Lipinski definition) is 3. The molecule has 0 saturated heterocycles. The van der Waals surface area contributed by atoms with Crippen LogP contribution in [0.1, 0.15) is 0 Å². The van der Waals surface area contributed by atoms with Gasteiger partial charge in [0.1, 0.15) is 0 Å². The molecule has 1 atom stereocenters. The Bertz CT molecular complexity index is 210. The van der Waals surface area contributed by atoms with E-state index in [1.807, 2.05) is 9.61 Å². The average Bonchev–Trinajstić information content (AvgIpc) is 1.55. The summed E-state index contributed by atoms with van der Waals surface area (Å²) in [5.74, 6) is 0. The zero-order valence-electron chi connectivity index (χ0n) is 5.27. The van der Waals surface area contributed by atoms with Gasteiger partial charge in [-0.05, 0) is 0 Å². The molecule has 68 valence electrons. The van der Waals surface area contributed by atoms with Gasteiger partial charge in [0.05, 0.1) is 7.11 Å². The van der Waals surface area contributed by atoms with Crippen molar-refractivity contribution in [3.8, 4) is 0 Å². The zero-order valence-corrected chi connectivity index (χ0v) is 9.17. The monoisotopic (exact) mass is 258 g/mol. The Balaban J connectivity index is 4.15. The molecule has 9 heteroatoms. The summed E-state index contributed by atoms with van der Waals surface area (Å²) >= 11 is 20.1. The molecule has 0 bridgehead atoms. The third kappa shape index (κ3) is 7.48. The van der Waals surface area contributed by atoms with E-state index in [9.17, 15) is 4.21 Å². The maximum atomic E-state index is 11.0. The SMILES string of the molecule is CONS(=O)(=S)NC(Cl)(Cl)Cl. The van der Waals surface area contributed by atoms with Gasteiger partial charge in [-0.3, -0.25) is 4.84 Å². The predicted molar refractivity (Wildman–Crippen MR) is 49.1 cm³/mol. The van der Waals surface area contributed by atoms with Gasteiger partial charge in [-0.25, -0.2) is 4.21 Å². The number of hydrogen-bond donors (Lipinski definition) is 2. The lowest BCUT2D eigenvalue weighted by Gasteiger charge is -2.14. The number of halogens is 3. The molecule has 0 aliphatic heterocycles. The first-order valence-corrected chi connectivity index (χ1v) is 5.79. The van der Waals surface area contributed by atoms with E-state index >= 15 is 0 Å². The topological polar surface area (TPSA) is 50.4 Å². The molecule has 0 spiro atoms. The van der Waals surface area contributed by atoms with Crippen LogP contribution in [0.3, 0.4) is 0 Å². The quantitative estimate of drug-likeness (QED) is 0.444. The van der Waals surface area contributed by atoms with Crippen molar-refractivity contribution in [3.63, 3.8) is 0 Å². The van der Waals surface area contributed by atoms with Crippen LogP contribution in [0, 0.1) is 0 Å². The van der Waals surface area contributed by atoms with Gasteiger partial charge < -0.3 is 0 Å². The van der Waals surface area contributed by atoms with E-state index in [0.29, 0.717) is 0 Å². The fourth-order valence-electron chi connectivity index (χ4n) is 0.283. The summed E-state index contributed by atoms with van der Waals surface area (Å²) in [5.41, 5.74) is 0. The molecule has 0 saturated carbocycles. The van der Waals surface area contributed by atoms with E-state index in [4.69, 9.17) is 34.8 Å². The maximum absolute atomic E-state index is 11.0. The van der Waals surface area contributed by atoms with Crippen molar-refractivity contribution in [2.45, 2.75) is 3.92 Å². The molecule has 1 unspecified atom stereocenters. The Labute approximate surface area is 84.4 Å². The van der Waals surface area contributed by atoms with Gasteiger partial charge in [-0.2, -0.15) is 4.72 Å². The van der Waals surface area contributed by atoms with Gasteiger partial charge in [0.15, 0.2) is 8.86 Å². The molecule has 0 aliphatic carbocycles. The van der Waals surface area contributed by atoms with Crippen molar-refractivity contribution < 1.29 is 9.05 Å². The standard InChI is InChI=1S/C2H5Cl3N2O2S2/c1-9-7-11(8,10)6-2(3,4)5/h6-7H,1H3. The molecular formula is C2H5Cl3N2O2S2. The van der Waals surface area contributed by atoms with Gasteiger partial charge in [0.2, 0.25) is 0 Å². The molecule has 0 fully saturated rings. The van der Waals surface area contributed by atoms with Gasteiger partial charge in [0, 0.05) is 11.2 Å². The van der Waals surface area contributed by atoms with Crippen LogP contribution in [-0.2, 0) is 24.9 Å². The van der Waals surface area contributed by atoms with E-state index in [1.165, 1.54) is 7.11 Å². The fourth-order valence-corrected chi connectivity index (χ4v) is 2.82. The molecule has 4 nitrogen and oxygen atoms in total. The second-order valence-corrected chi connectivity index (χ2v) is 6.46. The Morgan fingerprint density at radius 3 is 2.27 bits per heavy atom. The van der Waals surface area contributed by atoms with Crippen molar-refractivity contribution in [1.29, 1.82) is 0 Å². The van der Waals surface area contributed by atoms with Crippen molar-refractivity contribution in [1.82, 2.24) is 9.61 Å². The van der Waals surface area contributed by atoms with Gasteiger partial charge >= 0.3 is 0 Å². The maximum Gasteiger partial charge on any atom is 0.257 e. The summed E-state index contributed by atoms with van der Waals surface area (Å²) in [6, 6.07) is 0. The van der Waals surface area contributed by atoms with E-state index in [1.54, 1.807) is 0 Å². The average molecular weight is 260 g/mol. The number of rotatable bonds is 3. The Kier molecular flexibility index (Phi) is 4.83. The van der Waals surface area contributed by atoms with Crippen molar-refractivity contribution >= 4 is 54.9 Å². The third-order valence-electron chi connectivity index (χ3n) is 0.443. The molecule has 11 heavy (non-hydrogen) atoms. The van der Waals surface area contributed by atoms with Crippen LogP contribution in [0.2, 0.25) is 0 Å². The summed E-state index contributed by atoms with van der Waals surface area (Å²) < 4.78 is 11.1. The minimum atomic E-state index is -3.07. The van der Waals surface area contributed by atoms with Crippen LogP contribution in [0.4, 0.5) is 0 Å². The minimum Gasteiger partial charge on any atom is -0.291 e. The fraction of sp³-hybridized carbons (Fsp3) is 1.00. The van der Waals surface area contributed by atoms with E-state index < -0.39 is 12.8 Å². The predicted octanol–water partition coefficient (Wildman–Crippen LogP) is 0.631. The molecule has 0 rings (SSSR count). The summed E-state index contributed by atoms with van der Waals surface area (Å²) in [4.78, 5) is 6.24. The highest BCUT2D eigenvalue weighted by Gasteiger charge is 2.24. The molecule has 0 aromatic carbocycles. The largest absolute Gasteiger partial charge is 0.291 e. The van der Waals surface area contributed by atoms with Crippen LogP contribution >= 0.6 is 34.8 Å². The lowest BCUT2D eigenvalue weighted by atomic mass is 11.5. The summed E-state index contributed by atoms with van der Waals surface area (Å²) in [6.45, 7) is 0.